The Labute approximate surface area is 207 Å². The van der Waals surface area contributed by atoms with E-state index in [-0.39, 0.29) is 11.5 Å². The highest BCUT2D eigenvalue weighted by Gasteiger charge is 2.32. The molecule has 0 aliphatic carbocycles. The summed E-state index contributed by atoms with van der Waals surface area (Å²) in [4.78, 5) is 33.3. The number of amides is 1. The molecule has 0 unspecified atom stereocenters. The van der Waals surface area contributed by atoms with Crippen molar-refractivity contribution in [2.45, 2.75) is 27.3 Å². The van der Waals surface area contributed by atoms with E-state index in [1.807, 2.05) is 43.3 Å². The van der Waals surface area contributed by atoms with E-state index in [4.69, 9.17) is 21.9 Å². The third kappa shape index (κ3) is 4.85. The van der Waals surface area contributed by atoms with Crippen LogP contribution >= 0.6 is 24.0 Å². The van der Waals surface area contributed by atoms with Gasteiger partial charge in [0.2, 0.25) is 0 Å². The molecule has 176 valence electrons. The summed E-state index contributed by atoms with van der Waals surface area (Å²) >= 11 is 6.69. The lowest BCUT2D eigenvalue weighted by molar-refractivity contribution is -0.122. The Kier molecular flexibility index (Phi) is 7.04. The van der Waals surface area contributed by atoms with Gasteiger partial charge in [-0.15, -0.1) is 0 Å². The van der Waals surface area contributed by atoms with E-state index in [0.29, 0.717) is 45.3 Å². The number of hydrogen-bond acceptors (Lipinski definition) is 7. The van der Waals surface area contributed by atoms with E-state index < -0.39 is 0 Å². The van der Waals surface area contributed by atoms with Crippen LogP contribution in [0.5, 0.6) is 5.75 Å². The second kappa shape index (κ2) is 9.99. The monoisotopic (exact) mass is 494 g/mol. The number of hydrogen-bond donors (Lipinski definition) is 1. The van der Waals surface area contributed by atoms with Crippen LogP contribution in [-0.2, 0) is 11.3 Å². The number of fused-ring (bicyclic) bond motifs is 1. The first kappa shape index (κ1) is 24.0. The van der Waals surface area contributed by atoms with Gasteiger partial charge in [-0.3, -0.25) is 18.9 Å². The van der Waals surface area contributed by atoms with Gasteiger partial charge in [0.25, 0.3) is 11.5 Å². The molecule has 1 amide bonds. The number of thiocarbonyl (C=S) groups is 1. The molecule has 9 heteroatoms. The Morgan fingerprint density at radius 3 is 2.62 bits per heavy atom. The topological polar surface area (TPSA) is 75.9 Å². The molecule has 1 N–H and O–H groups in total. The van der Waals surface area contributed by atoms with Crippen LogP contribution in [0.4, 0.5) is 5.82 Å². The summed E-state index contributed by atoms with van der Waals surface area (Å²) in [6, 6.07) is 11.2. The molecule has 0 spiro atoms. The van der Waals surface area contributed by atoms with Crippen molar-refractivity contribution in [1.29, 1.82) is 0 Å². The third-order valence-electron chi connectivity index (χ3n) is 5.41. The molecule has 0 radical (unpaired) electrons. The van der Waals surface area contributed by atoms with Crippen LogP contribution in [0.1, 0.15) is 30.5 Å². The van der Waals surface area contributed by atoms with E-state index in [9.17, 15) is 9.59 Å². The van der Waals surface area contributed by atoms with E-state index in [2.05, 4.69) is 19.2 Å². The molecular formula is C25H26N4O3S2. The minimum atomic E-state index is -0.236. The minimum absolute atomic E-state index is 0.227. The first-order valence-electron chi connectivity index (χ1n) is 10.9. The number of ether oxygens (including phenoxy) is 1. The molecule has 0 bridgehead atoms. The summed E-state index contributed by atoms with van der Waals surface area (Å²) < 4.78 is 7.16. The maximum atomic E-state index is 13.4. The summed E-state index contributed by atoms with van der Waals surface area (Å²) in [5, 5.41) is 3.29. The summed E-state index contributed by atoms with van der Waals surface area (Å²) in [6.45, 7) is 7.07. The number of thioether (sulfide) groups is 1. The summed E-state index contributed by atoms with van der Waals surface area (Å²) in [6.07, 6.45) is 3.30. The number of aromatic nitrogens is 2. The van der Waals surface area contributed by atoms with Crippen LogP contribution < -0.4 is 15.6 Å². The molecule has 1 aliphatic rings. The second-order valence-corrected chi connectivity index (χ2v) is 10.1. The number of carbonyl (C=O) groups excluding carboxylic acids is 1. The predicted octanol–water partition coefficient (Wildman–Crippen LogP) is 4.48. The van der Waals surface area contributed by atoms with Crippen LogP contribution in [0.2, 0.25) is 0 Å². The largest absolute Gasteiger partial charge is 0.497 e. The van der Waals surface area contributed by atoms with Crippen molar-refractivity contribution in [1.82, 2.24) is 14.3 Å². The van der Waals surface area contributed by atoms with E-state index in [0.717, 1.165) is 16.9 Å². The number of carbonyl (C=O) groups is 1. The van der Waals surface area contributed by atoms with Gasteiger partial charge < -0.3 is 10.1 Å². The second-order valence-electron chi connectivity index (χ2n) is 8.45. The smallest absolute Gasteiger partial charge is 0.267 e. The third-order valence-corrected chi connectivity index (χ3v) is 6.79. The van der Waals surface area contributed by atoms with Crippen molar-refractivity contribution in [3.05, 3.63) is 74.5 Å². The van der Waals surface area contributed by atoms with E-state index in [1.165, 1.54) is 16.2 Å². The Bertz CT molecular complexity index is 1350. The van der Waals surface area contributed by atoms with Gasteiger partial charge in [0.15, 0.2) is 0 Å². The molecule has 34 heavy (non-hydrogen) atoms. The highest BCUT2D eigenvalue weighted by atomic mass is 32.2. The van der Waals surface area contributed by atoms with Gasteiger partial charge in [0.05, 0.1) is 24.1 Å². The fourth-order valence-electron chi connectivity index (χ4n) is 3.56. The van der Waals surface area contributed by atoms with Crippen molar-refractivity contribution < 1.29 is 9.53 Å². The number of benzene rings is 1. The number of rotatable bonds is 7. The quantitative estimate of drug-likeness (QED) is 0.383. The first-order valence-corrected chi connectivity index (χ1v) is 12.1. The molecule has 1 fully saturated rings. The Hall–Kier alpha value is -3.17. The average molecular weight is 495 g/mol. The first-order chi connectivity index (χ1) is 16.3. The molecule has 4 rings (SSSR count). The van der Waals surface area contributed by atoms with Gasteiger partial charge in [0, 0.05) is 12.7 Å². The Morgan fingerprint density at radius 1 is 1.21 bits per heavy atom. The normalized spacial score (nSPS) is 15.1. The number of nitrogens with zero attached hydrogens (tertiary/aromatic N) is 3. The number of anilines is 1. The molecule has 1 saturated heterocycles. The molecule has 1 aliphatic heterocycles. The molecule has 3 heterocycles. The minimum Gasteiger partial charge on any atom is -0.497 e. The lowest BCUT2D eigenvalue weighted by Gasteiger charge is -2.15. The maximum absolute atomic E-state index is 13.4. The summed E-state index contributed by atoms with van der Waals surface area (Å²) in [5.41, 5.74) is 2.52. The fourth-order valence-corrected chi connectivity index (χ4v) is 4.80. The van der Waals surface area contributed by atoms with Crippen LogP contribution in [0.15, 0.2) is 52.3 Å². The van der Waals surface area contributed by atoms with Gasteiger partial charge in [-0.25, -0.2) is 4.98 Å². The lowest BCUT2D eigenvalue weighted by atomic mass is 10.2. The van der Waals surface area contributed by atoms with Gasteiger partial charge in [-0.2, -0.15) is 0 Å². The standard InChI is InChI=1S/C25H26N4O3S2/c1-15(2)13-26-21-19(23(30)28-11-5-6-16(3)22(28)27-21)12-20-24(31)29(25(33)34-20)14-17-7-9-18(32-4)10-8-17/h5-12,15,26H,13-14H2,1-4H3/b20-12-. The number of aryl methyl sites for hydroxylation is 1. The number of nitrogens with one attached hydrogen (secondary N) is 1. The SMILES string of the molecule is COc1ccc(CN2C(=O)/C(=C/c3c(NCC(C)C)nc4c(C)cccn4c3=O)SC2=S)cc1. The molecule has 2 aromatic heterocycles. The summed E-state index contributed by atoms with van der Waals surface area (Å²) in [5.74, 6) is 1.34. The fraction of sp³-hybridized carbons (Fsp3) is 0.280. The zero-order chi connectivity index (χ0) is 24.4. The number of methoxy groups -OCH3 is 1. The van der Waals surface area contributed by atoms with Crippen molar-refractivity contribution >= 4 is 51.7 Å². The van der Waals surface area contributed by atoms with Crippen LogP contribution in [-0.4, -0.2) is 38.2 Å². The predicted molar refractivity (Wildman–Crippen MR) is 141 cm³/mol. The maximum Gasteiger partial charge on any atom is 0.267 e. The average Bonchev–Trinajstić information content (AvgIpc) is 3.08. The molecular weight excluding hydrogens is 468 g/mol. The van der Waals surface area contributed by atoms with E-state index >= 15 is 0 Å². The van der Waals surface area contributed by atoms with Crippen molar-refractivity contribution in [3.8, 4) is 5.75 Å². The number of pyridine rings is 1. The van der Waals surface area contributed by atoms with Crippen molar-refractivity contribution in [2.75, 3.05) is 19.0 Å². The van der Waals surface area contributed by atoms with Crippen molar-refractivity contribution in [3.63, 3.8) is 0 Å². The van der Waals surface area contributed by atoms with Gasteiger partial charge >= 0.3 is 0 Å². The molecule has 7 nitrogen and oxygen atoms in total. The highest BCUT2D eigenvalue weighted by Crippen LogP contribution is 2.34. The van der Waals surface area contributed by atoms with Gasteiger partial charge in [-0.05, 0) is 48.2 Å². The zero-order valence-corrected chi connectivity index (χ0v) is 21.1. The highest BCUT2D eigenvalue weighted by molar-refractivity contribution is 8.26. The molecule has 1 aromatic carbocycles. The molecule has 3 aromatic rings. The lowest BCUT2D eigenvalue weighted by Crippen LogP contribution is -2.27. The van der Waals surface area contributed by atoms with Crippen LogP contribution in [0, 0.1) is 12.8 Å². The van der Waals surface area contributed by atoms with Crippen LogP contribution in [0.25, 0.3) is 11.7 Å². The van der Waals surface area contributed by atoms with Crippen LogP contribution in [0.3, 0.4) is 0 Å². The van der Waals surface area contributed by atoms with Gasteiger partial charge in [0.1, 0.15) is 21.5 Å². The Balaban J connectivity index is 1.71. The summed E-state index contributed by atoms with van der Waals surface area (Å²) in [7, 11) is 1.61. The molecule has 0 atom stereocenters. The Morgan fingerprint density at radius 2 is 1.94 bits per heavy atom. The van der Waals surface area contributed by atoms with E-state index in [1.54, 1.807) is 24.3 Å². The van der Waals surface area contributed by atoms with Gasteiger partial charge in [-0.1, -0.05) is 56.0 Å². The zero-order valence-electron chi connectivity index (χ0n) is 19.5. The molecule has 0 saturated carbocycles. The van der Waals surface area contributed by atoms with Crippen molar-refractivity contribution in [2.24, 2.45) is 5.92 Å².